The van der Waals surface area contributed by atoms with Crippen LogP contribution < -0.4 is 10.1 Å². The minimum absolute atomic E-state index is 0.0750. The molecule has 0 aromatic heterocycles. The first-order valence-electron chi connectivity index (χ1n) is 6.85. The van der Waals surface area contributed by atoms with Gasteiger partial charge < -0.3 is 10.1 Å². The van der Waals surface area contributed by atoms with Crippen molar-refractivity contribution in [1.29, 1.82) is 0 Å². The van der Waals surface area contributed by atoms with Gasteiger partial charge in [-0.05, 0) is 60.2 Å². The summed E-state index contributed by atoms with van der Waals surface area (Å²) in [5, 5.41) is 13.8. The van der Waals surface area contributed by atoms with E-state index < -0.39 is 11.0 Å². The van der Waals surface area contributed by atoms with Crippen molar-refractivity contribution in [3.05, 3.63) is 61.7 Å². The largest absolute Gasteiger partial charge is 0.474 e. The van der Waals surface area contributed by atoms with E-state index in [2.05, 4.69) is 27.9 Å². The number of nitrogens with zero attached hydrogens (tertiary/aromatic N) is 1. The third-order valence-electron chi connectivity index (χ3n) is 3.12. The number of hydrogen-bond donors (Lipinski definition) is 1. The van der Waals surface area contributed by atoms with Gasteiger partial charge in [0.1, 0.15) is 0 Å². The molecule has 0 fully saturated rings. The summed E-state index contributed by atoms with van der Waals surface area (Å²) in [5.41, 5.74) is 1.27. The van der Waals surface area contributed by atoms with Gasteiger partial charge in [0.05, 0.1) is 10.6 Å². The third kappa shape index (κ3) is 4.41. The predicted octanol–water partition coefficient (Wildman–Crippen LogP) is 3.91. The van der Waals surface area contributed by atoms with Crippen molar-refractivity contribution in [3.63, 3.8) is 0 Å². The molecule has 0 spiro atoms. The Morgan fingerprint density at radius 1 is 1.30 bits per heavy atom. The maximum absolute atomic E-state index is 12.2. The lowest BCUT2D eigenvalue weighted by molar-refractivity contribution is -0.386. The zero-order chi connectivity index (χ0) is 17.0. The molecule has 120 valence electrons. The number of aryl methyl sites for hydroxylation is 1. The summed E-state index contributed by atoms with van der Waals surface area (Å²) in [6.07, 6.45) is -0.868. The van der Waals surface area contributed by atoms with E-state index in [0.29, 0.717) is 5.69 Å². The Bertz CT molecular complexity index is 749. The van der Waals surface area contributed by atoms with E-state index in [-0.39, 0.29) is 17.3 Å². The predicted molar refractivity (Wildman–Crippen MR) is 95.7 cm³/mol. The lowest BCUT2D eigenvalue weighted by atomic mass is 10.2. The molecular formula is C16H15IN2O4. The van der Waals surface area contributed by atoms with Gasteiger partial charge in [0.2, 0.25) is 0 Å². The number of carbonyl (C=O) groups is 1. The molecule has 2 aromatic carbocycles. The molecule has 0 heterocycles. The highest BCUT2D eigenvalue weighted by atomic mass is 127. The first kappa shape index (κ1) is 17.2. The second-order valence-electron chi connectivity index (χ2n) is 4.96. The number of nitro benzene ring substituents is 1. The first-order valence-corrected chi connectivity index (χ1v) is 7.93. The van der Waals surface area contributed by atoms with Gasteiger partial charge in [0.15, 0.2) is 11.9 Å². The van der Waals surface area contributed by atoms with Crippen molar-refractivity contribution in [2.24, 2.45) is 0 Å². The zero-order valence-corrected chi connectivity index (χ0v) is 14.7. The average molecular weight is 426 g/mol. The summed E-state index contributed by atoms with van der Waals surface area (Å²) in [6.45, 7) is 3.30. The lowest BCUT2D eigenvalue weighted by Gasteiger charge is -2.15. The van der Waals surface area contributed by atoms with Gasteiger partial charge in [-0.3, -0.25) is 14.9 Å². The highest BCUT2D eigenvalue weighted by molar-refractivity contribution is 14.1. The topological polar surface area (TPSA) is 81.5 Å². The fraction of sp³-hybridized carbons (Fsp3) is 0.188. The Hall–Kier alpha value is -2.16. The smallest absolute Gasteiger partial charge is 0.311 e. The van der Waals surface area contributed by atoms with E-state index in [1.165, 1.54) is 12.1 Å². The van der Waals surface area contributed by atoms with Crippen LogP contribution in [0, 0.1) is 20.6 Å². The van der Waals surface area contributed by atoms with Crippen molar-refractivity contribution in [3.8, 4) is 5.75 Å². The van der Waals surface area contributed by atoms with Crippen LogP contribution in [-0.4, -0.2) is 16.9 Å². The maximum Gasteiger partial charge on any atom is 0.311 e. The Kier molecular flexibility index (Phi) is 5.54. The van der Waals surface area contributed by atoms with Gasteiger partial charge in [-0.2, -0.15) is 0 Å². The van der Waals surface area contributed by atoms with Crippen LogP contribution in [-0.2, 0) is 4.79 Å². The van der Waals surface area contributed by atoms with Gasteiger partial charge in [-0.25, -0.2) is 0 Å². The monoisotopic (exact) mass is 426 g/mol. The van der Waals surface area contributed by atoms with Crippen molar-refractivity contribution < 1.29 is 14.5 Å². The molecule has 2 rings (SSSR count). The van der Waals surface area contributed by atoms with Crippen LogP contribution in [0.15, 0.2) is 42.5 Å². The minimum atomic E-state index is -0.868. The second kappa shape index (κ2) is 7.40. The Labute approximate surface area is 147 Å². The molecule has 1 atom stereocenters. The Morgan fingerprint density at radius 2 is 2.00 bits per heavy atom. The number of rotatable bonds is 5. The number of ether oxygens (including phenoxy) is 1. The quantitative estimate of drug-likeness (QED) is 0.447. The SMILES string of the molecule is Cc1ccc(O[C@@H](C)C(=O)Nc2ccccc2I)c([N+](=O)[O-])c1. The molecule has 0 radical (unpaired) electrons. The van der Waals surface area contributed by atoms with E-state index in [9.17, 15) is 14.9 Å². The fourth-order valence-electron chi connectivity index (χ4n) is 1.91. The number of carbonyl (C=O) groups excluding carboxylic acids is 1. The van der Waals surface area contributed by atoms with Crippen LogP contribution in [0.5, 0.6) is 5.75 Å². The van der Waals surface area contributed by atoms with Gasteiger partial charge in [0, 0.05) is 9.64 Å². The lowest BCUT2D eigenvalue weighted by Crippen LogP contribution is -2.30. The molecule has 0 saturated carbocycles. The molecule has 6 nitrogen and oxygen atoms in total. The van der Waals surface area contributed by atoms with E-state index in [1.54, 1.807) is 26.0 Å². The molecule has 7 heteroatoms. The van der Waals surface area contributed by atoms with Crippen molar-refractivity contribution in [2.45, 2.75) is 20.0 Å². The van der Waals surface area contributed by atoms with Gasteiger partial charge in [-0.15, -0.1) is 0 Å². The van der Waals surface area contributed by atoms with Crippen LogP contribution in [0.4, 0.5) is 11.4 Å². The van der Waals surface area contributed by atoms with Crippen LogP contribution in [0.3, 0.4) is 0 Å². The number of nitrogens with one attached hydrogen (secondary N) is 1. The third-order valence-corrected chi connectivity index (χ3v) is 4.06. The zero-order valence-electron chi connectivity index (χ0n) is 12.6. The summed E-state index contributed by atoms with van der Waals surface area (Å²) < 4.78 is 6.37. The number of amides is 1. The molecule has 0 aliphatic rings. The molecule has 1 N–H and O–H groups in total. The number of halogens is 1. The minimum Gasteiger partial charge on any atom is -0.474 e. The number of nitro groups is 1. The number of hydrogen-bond acceptors (Lipinski definition) is 4. The van der Waals surface area contributed by atoms with Crippen molar-refractivity contribution in [2.75, 3.05) is 5.32 Å². The normalized spacial score (nSPS) is 11.6. The van der Waals surface area contributed by atoms with Crippen LogP contribution in [0.1, 0.15) is 12.5 Å². The Morgan fingerprint density at radius 3 is 2.65 bits per heavy atom. The fourth-order valence-corrected chi connectivity index (χ4v) is 2.43. The average Bonchev–Trinajstić information content (AvgIpc) is 2.51. The standard InChI is InChI=1S/C16H15IN2O4/c1-10-7-8-15(14(9-10)19(21)22)23-11(2)16(20)18-13-6-4-3-5-12(13)17/h3-9,11H,1-2H3,(H,18,20)/t11-/m0/s1. The molecule has 0 aliphatic heterocycles. The van der Waals surface area contributed by atoms with Crippen LogP contribution in [0.2, 0.25) is 0 Å². The first-order chi connectivity index (χ1) is 10.9. The van der Waals surface area contributed by atoms with E-state index in [1.807, 2.05) is 18.2 Å². The number of para-hydroxylation sites is 1. The van der Waals surface area contributed by atoms with E-state index >= 15 is 0 Å². The highest BCUT2D eigenvalue weighted by Gasteiger charge is 2.21. The molecule has 1 amide bonds. The molecular weight excluding hydrogens is 411 g/mol. The Balaban J connectivity index is 2.13. The summed E-state index contributed by atoms with van der Waals surface area (Å²) >= 11 is 2.11. The van der Waals surface area contributed by atoms with Crippen molar-refractivity contribution >= 4 is 39.9 Å². The maximum atomic E-state index is 12.2. The van der Waals surface area contributed by atoms with E-state index in [0.717, 1.165) is 9.13 Å². The van der Waals surface area contributed by atoms with E-state index in [4.69, 9.17) is 4.74 Å². The summed E-state index contributed by atoms with van der Waals surface area (Å²) in [4.78, 5) is 22.8. The summed E-state index contributed by atoms with van der Waals surface area (Å²) in [6, 6.07) is 11.9. The van der Waals surface area contributed by atoms with Crippen molar-refractivity contribution in [1.82, 2.24) is 0 Å². The number of benzene rings is 2. The molecule has 0 aliphatic carbocycles. The van der Waals surface area contributed by atoms with Crippen LogP contribution >= 0.6 is 22.6 Å². The second-order valence-corrected chi connectivity index (χ2v) is 6.12. The number of anilines is 1. The summed E-state index contributed by atoms with van der Waals surface area (Å²) in [5.74, 6) is -0.296. The highest BCUT2D eigenvalue weighted by Crippen LogP contribution is 2.29. The van der Waals surface area contributed by atoms with Gasteiger partial charge >= 0.3 is 5.69 Å². The molecule has 2 aromatic rings. The molecule has 23 heavy (non-hydrogen) atoms. The summed E-state index contributed by atoms with van der Waals surface area (Å²) in [7, 11) is 0. The van der Waals surface area contributed by atoms with Gasteiger partial charge in [0.25, 0.3) is 5.91 Å². The molecule has 0 bridgehead atoms. The molecule has 0 unspecified atom stereocenters. The molecule has 0 saturated heterocycles. The van der Waals surface area contributed by atoms with Crippen LogP contribution in [0.25, 0.3) is 0 Å². The van der Waals surface area contributed by atoms with Gasteiger partial charge in [-0.1, -0.05) is 18.2 Å².